The molecule has 0 atom stereocenters. The van der Waals surface area contributed by atoms with E-state index in [0.717, 1.165) is 16.3 Å². The lowest BCUT2D eigenvalue weighted by molar-refractivity contribution is 1.05. The molecular weight excluding hydrogens is 192 g/mol. The predicted octanol–water partition coefficient (Wildman–Crippen LogP) is 3.07. The van der Waals surface area contributed by atoms with Crippen LogP contribution >= 0.6 is 11.8 Å². The third-order valence-corrected chi connectivity index (χ3v) is 2.24. The van der Waals surface area contributed by atoms with E-state index < -0.39 is 0 Å². The zero-order valence-corrected chi connectivity index (χ0v) is 10.1. The highest BCUT2D eigenvalue weighted by Gasteiger charge is 2.03. The highest BCUT2D eigenvalue weighted by molar-refractivity contribution is 7.98. The van der Waals surface area contributed by atoms with Crippen molar-refractivity contribution in [2.75, 3.05) is 6.26 Å². The van der Waals surface area contributed by atoms with Crippen LogP contribution in [0.4, 0.5) is 0 Å². The number of pyridine rings is 1. The lowest BCUT2D eigenvalue weighted by atomic mass is 10.2. The number of nitrogens with zero attached hydrogens (tertiary/aromatic N) is 1. The summed E-state index contributed by atoms with van der Waals surface area (Å²) in [7, 11) is 0. The minimum absolute atomic E-state index is 0.576. The first kappa shape index (κ1) is 13.0. The van der Waals surface area contributed by atoms with Crippen LogP contribution in [-0.2, 0) is 0 Å². The summed E-state index contributed by atoms with van der Waals surface area (Å²) in [6, 6.07) is 3.89. The van der Waals surface area contributed by atoms with Gasteiger partial charge in [0.15, 0.2) is 0 Å². The zero-order chi connectivity index (χ0) is 11.1. The summed E-state index contributed by atoms with van der Waals surface area (Å²) in [5, 5.41) is 0.947. The van der Waals surface area contributed by atoms with E-state index in [9.17, 15) is 0 Å². The first-order valence-corrected chi connectivity index (χ1v) is 5.84. The molecule has 3 heteroatoms. The molecular formula is C11H18N2S. The average Bonchev–Trinajstić information content (AvgIpc) is 2.20. The molecule has 78 valence electrons. The van der Waals surface area contributed by atoms with E-state index in [-0.39, 0.29) is 0 Å². The molecule has 14 heavy (non-hydrogen) atoms. The highest BCUT2D eigenvalue weighted by atomic mass is 32.2. The quantitative estimate of drug-likeness (QED) is 0.762. The molecule has 1 rings (SSSR count). The molecule has 2 nitrogen and oxygen atoms in total. The molecule has 0 spiro atoms. The van der Waals surface area contributed by atoms with Gasteiger partial charge in [0.25, 0.3) is 0 Å². The third kappa shape index (κ3) is 3.42. The molecule has 0 saturated heterocycles. The number of thioether (sulfide) groups is 1. The number of aromatic nitrogens is 1. The van der Waals surface area contributed by atoms with Crippen LogP contribution in [0.1, 0.15) is 25.1 Å². The molecule has 0 amide bonds. The van der Waals surface area contributed by atoms with Crippen LogP contribution in [0.3, 0.4) is 0 Å². The third-order valence-electron chi connectivity index (χ3n) is 1.54. The maximum atomic E-state index is 5.59. The van der Waals surface area contributed by atoms with Gasteiger partial charge in [0.05, 0.1) is 0 Å². The Morgan fingerprint density at radius 1 is 1.43 bits per heavy atom. The van der Waals surface area contributed by atoms with Crippen LogP contribution in [0.2, 0.25) is 0 Å². The second kappa shape index (κ2) is 6.49. The normalized spacial score (nSPS) is 8.86. The van der Waals surface area contributed by atoms with Crippen molar-refractivity contribution >= 4 is 17.5 Å². The minimum atomic E-state index is 0.576. The van der Waals surface area contributed by atoms with Crippen LogP contribution in [-0.4, -0.2) is 11.2 Å². The van der Waals surface area contributed by atoms with Crippen LogP contribution < -0.4 is 5.73 Å². The van der Waals surface area contributed by atoms with Gasteiger partial charge in [-0.1, -0.05) is 20.4 Å². The molecule has 0 saturated carbocycles. The van der Waals surface area contributed by atoms with E-state index in [1.54, 1.807) is 11.8 Å². The van der Waals surface area contributed by atoms with E-state index in [1.807, 2.05) is 39.2 Å². The summed E-state index contributed by atoms with van der Waals surface area (Å²) in [5.74, 6) is 0. The SMILES string of the molecule is C=C(N)c1ccc(C)nc1SC.CC. The Balaban J connectivity index is 0.000000791. The van der Waals surface area contributed by atoms with Crippen molar-refractivity contribution in [3.63, 3.8) is 0 Å². The Morgan fingerprint density at radius 3 is 2.43 bits per heavy atom. The molecule has 1 aromatic heterocycles. The lowest BCUT2D eigenvalue weighted by Crippen LogP contribution is -1.98. The number of nitrogens with two attached hydrogens (primary N) is 1. The van der Waals surface area contributed by atoms with Crippen molar-refractivity contribution in [2.24, 2.45) is 5.73 Å². The molecule has 0 radical (unpaired) electrons. The number of hydrogen-bond acceptors (Lipinski definition) is 3. The van der Waals surface area contributed by atoms with Gasteiger partial charge in [0, 0.05) is 17.0 Å². The van der Waals surface area contributed by atoms with E-state index in [4.69, 9.17) is 5.73 Å². The number of hydrogen-bond donors (Lipinski definition) is 1. The molecule has 0 aliphatic heterocycles. The Hall–Kier alpha value is -0.960. The fourth-order valence-corrected chi connectivity index (χ4v) is 1.59. The topological polar surface area (TPSA) is 38.9 Å². The van der Waals surface area contributed by atoms with Crippen LogP contribution in [0.5, 0.6) is 0 Å². The Kier molecular flexibility index (Phi) is 6.04. The van der Waals surface area contributed by atoms with Crippen LogP contribution in [0.15, 0.2) is 23.7 Å². The fourth-order valence-electron chi connectivity index (χ4n) is 0.933. The van der Waals surface area contributed by atoms with Crippen LogP contribution in [0, 0.1) is 6.92 Å². The molecule has 0 aliphatic carbocycles. The van der Waals surface area contributed by atoms with E-state index >= 15 is 0 Å². The van der Waals surface area contributed by atoms with Crippen LogP contribution in [0.25, 0.3) is 5.70 Å². The second-order valence-electron chi connectivity index (χ2n) is 2.53. The van der Waals surface area contributed by atoms with Crippen molar-refractivity contribution in [3.8, 4) is 0 Å². The first-order chi connectivity index (χ1) is 6.65. The number of rotatable bonds is 2. The summed E-state index contributed by atoms with van der Waals surface area (Å²) in [4.78, 5) is 4.34. The highest BCUT2D eigenvalue weighted by Crippen LogP contribution is 2.21. The molecule has 0 bridgehead atoms. The summed E-state index contributed by atoms with van der Waals surface area (Å²) in [6.45, 7) is 9.65. The van der Waals surface area contributed by atoms with Crippen molar-refractivity contribution in [2.45, 2.75) is 25.8 Å². The molecule has 0 aliphatic rings. The van der Waals surface area contributed by atoms with E-state index in [2.05, 4.69) is 11.6 Å². The first-order valence-electron chi connectivity index (χ1n) is 4.61. The summed E-state index contributed by atoms with van der Waals surface area (Å²) < 4.78 is 0. The van der Waals surface area contributed by atoms with Crippen molar-refractivity contribution in [3.05, 3.63) is 30.0 Å². The largest absolute Gasteiger partial charge is 0.399 e. The van der Waals surface area contributed by atoms with Gasteiger partial charge < -0.3 is 5.73 Å². The Labute approximate surface area is 90.6 Å². The Bertz CT molecular complexity index is 308. The minimum Gasteiger partial charge on any atom is -0.399 e. The van der Waals surface area contributed by atoms with Gasteiger partial charge in [-0.3, -0.25) is 0 Å². The molecule has 0 unspecified atom stereocenters. The lowest BCUT2D eigenvalue weighted by Gasteiger charge is -2.05. The number of aryl methyl sites for hydroxylation is 1. The Morgan fingerprint density at radius 2 is 2.00 bits per heavy atom. The van der Waals surface area contributed by atoms with Crippen molar-refractivity contribution in [1.29, 1.82) is 0 Å². The fraction of sp³-hybridized carbons (Fsp3) is 0.364. The zero-order valence-electron chi connectivity index (χ0n) is 9.29. The summed E-state index contributed by atoms with van der Waals surface area (Å²) in [6.07, 6.45) is 1.98. The maximum Gasteiger partial charge on any atom is 0.105 e. The standard InChI is InChI=1S/C9H12N2S.C2H6/c1-6-4-5-8(7(2)10)9(11-6)12-3;1-2/h4-5H,2,10H2,1,3H3;1-2H3. The molecule has 1 heterocycles. The average molecular weight is 210 g/mol. The van der Waals surface area contributed by atoms with Gasteiger partial charge >= 0.3 is 0 Å². The van der Waals surface area contributed by atoms with Gasteiger partial charge in [0.1, 0.15) is 5.03 Å². The summed E-state index contributed by atoms with van der Waals surface area (Å²) >= 11 is 1.59. The second-order valence-corrected chi connectivity index (χ2v) is 3.33. The van der Waals surface area contributed by atoms with Gasteiger partial charge in [-0.25, -0.2) is 4.98 Å². The van der Waals surface area contributed by atoms with Gasteiger partial charge in [0.2, 0.25) is 0 Å². The molecule has 0 fully saturated rings. The van der Waals surface area contributed by atoms with Crippen molar-refractivity contribution < 1.29 is 0 Å². The maximum absolute atomic E-state index is 5.59. The summed E-state index contributed by atoms with van der Waals surface area (Å²) in [5.41, 5.74) is 8.11. The van der Waals surface area contributed by atoms with Gasteiger partial charge in [-0.2, -0.15) is 0 Å². The molecule has 1 aromatic rings. The van der Waals surface area contributed by atoms with E-state index in [1.165, 1.54) is 0 Å². The smallest absolute Gasteiger partial charge is 0.105 e. The predicted molar refractivity (Wildman–Crippen MR) is 65.3 cm³/mol. The van der Waals surface area contributed by atoms with Crippen molar-refractivity contribution in [1.82, 2.24) is 4.98 Å². The molecule has 0 aromatic carbocycles. The van der Waals surface area contributed by atoms with Gasteiger partial charge in [-0.15, -0.1) is 11.8 Å². The van der Waals surface area contributed by atoms with Gasteiger partial charge in [-0.05, 0) is 25.3 Å². The van der Waals surface area contributed by atoms with E-state index in [0.29, 0.717) is 5.70 Å². The molecule has 2 N–H and O–H groups in total. The monoisotopic (exact) mass is 210 g/mol.